The van der Waals surface area contributed by atoms with Crippen LogP contribution in [0.3, 0.4) is 0 Å². The number of benzene rings is 1. The number of hydrogen-bond donors (Lipinski definition) is 1. The number of nitrogens with one attached hydrogen (secondary N) is 1. The van der Waals surface area contributed by atoms with Crippen LogP contribution in [0.1, 0.15) is 23.0 Å². The van der Waals surface area contributed by atoms with Gasteiger partial charge >= 0.3 is 0 Å². The Hall–Kier alpha value is -1.09. The van der Waals surface area contributed by atoms with Crippen LogP contribution < -0.4 is 0 Å². The highest BCUT2D eigenvalue weighted by Gasteiger charge is 2.20. The van der Waals surface area contributed by atoms with Crippen LogP contribution in [-0.4, -0.2) is 16.1 Å². The summed E-state index contributed by atoms with van der Waals surface area (Å²) in [4.78, 5) is 15.5. The third-order valence-corrected chi connectivity index (χ3v) is 3.79. The molecule has 0 radical (unpaired) electrons. The molecule has 0 saturated heterocycles. The number of fused-ring (bicyclic) bond motifs is 1. The third kappa shape index (κ3) is 1.80. The zero-order valence-corrected chi connectivity index (χ0v) is 11.0. The molecule has 84 valence electrons. The first-order valence-electron chi connectivity index (χ1n) is 5.32. The van der Waals surface area contributed by atoms with E-state index in [0.717, 1.165) is 22.2 Å². The normalized spacial score (nSPS) is 12.9. The minimum absolute atomic E-state index is 0.0120. The lowest BCUT2D eigenvalue weighted by Gasteiger charge is -2.06. The Balaban J connectivity index is 2.59. The number of aryl methyl sites for hydroxylation is 1. The second-order valence-corrected chi connectivity index (χ2v) is 4.74. The molecule has 1 aromatic heterocycles. The van der Waals surface area contributed by atoms with Crippen LogP contribution in [0.5, 0.6) is 0 Å². The molecule has 2 nitrogen and oxygen atoms in total. The van der Waals surface area contributed by atoms with E-state index in [1.54, 1.807) is 0 Å². The average Bonchev–Trinajstić information content (AvgIpc) is 2.63. The zero-order valence-electron chi connectivity index (χ0n) is 9.38. The molecule has 1 atom stereocenters. The predicted molar refractivity (Wildman–Crippen MR) is 70.3 cm³/mol. The topological polar surface area (TPSA) is 32.9 Å². The van der Waals surface area contributed by atoms with Crippen molar-refractivity contribution in [2.24, 2.45) is 5.92 Å². The molecule has 2 rings (SSSR count). The predicted octanol–water partition coefficient (Wildman–Crippen LogP) is 3.69. The van der Waals surface area contributed by atoms with E-state index in [2.05, 4.69) is 20.9 Å². The van der Waals surface area contributed by atoms with Gasteiger partial charge in [-0.05, 0) is 13.0 Å². The summed E-state index contributed by atoms with van der Waals surface area (Å²) in [5.41, 5.74) is 2.83. The number of aromatic nitrogens is 1. The molecule has 0 spiro atoms. The van der Waals surface area contributed by atoms with E-state index >= 15 is 0 Å². The summed E-state index contributed by atoms with van der Waals surface area (Å²) in [6.45, 7) is 3.90. The maximum absolute atomic E-state index is 12.2. The molecular weight excluding hydrogens is 266 g/mol. The Labute approximate surface area is 103 Å². The third-order valence-electron chi connectivity index (χ3n) is 2.82. The largest absolute Gasteiger partial charge is 0.358 e. The van der Waals surface area contributed by atoms with E-state index in [4.69, 9.17) is 0 Å². The van der Waals surface area contributed by atoms with E-state index in [1.165, 1.54) is 0 Å². The minimum Gasteiger partial charge on any atom is -0.358 e. The number of halogens is 1. The monoisotopic (exact) mass is 279 g/mol. The number of carbonyl (C=O) groups is 1. The van der Waals surface area contributed by atoms with Crippen LogP contribution in [0.2, 0.25) is 0 Å². The highest BCUT2D eigenvalue weighted by atomic mass is 79.9. The first kappa shape index (κ1) is 11.4. The Kier molecular flexibility index (Phi) is 3.15. The number of ketones is 1. The summed E-state index contributed by atoms with van der Waals surface area (Å²) in [6, 6.07) is 7.93. The number of hydrogen-bond acceptors (Lipinski definition) is 1. The summed E-state index contributed by atoms with van der Waals surface area (Å²) in [5.74, 6) is 0.213. The molecule has 2 aromatic rings. The molecule has 1 aromatic carbocycles. The van der Waals surface area contributed by atoms with Crippen molar-refractivity contribution in [1.82, 2.24) is 4.98 Å². The van der Waals surface area contributed by atoms with Gasteiger partial charge in [-0.15, -0.1) is 0 Å². The van der Waals surface area contributed by atoms with Crippen LogP contribution >= 0.6 is 15.9 Å². The molecule has 16 heavy (non-hydrogen) atoms. The van der Waals surface area contributed by atoms with Crippen molar-refractivity contribution in [1.29, 1.82) is 0 Å². The van der Waals surface area contributed by atoms with E-state index in [1.807, 2.05) is 38.1 Å². The number of carbonyl (C=O) groups excluding carboxylic acids is 1. The molecule has 0 aliphatic carbocycles. The van der Waals surface area contributed by atoms with E-state index in [-0.39, 0.29) is 11.7 Å². The summed E-state index contributed by atoms with van der Waals surface area (Å²) in [6.07, 6.45) is 0. The Morgan fingerprint density at radius 1 is 1.44 bits per heavy atom. The van der Waals surface area contributed by atoms with Crippen LogP contribution in [0.15, 0.2) is 24.3 Å². The SMILES string of the molecule is Cc1[nH]c2ccccc2c1C(=O)C(C)CBr. The molecule has 1 heterocycles. The first-order chi connectivity index (χ1) is 7.65. The number of aromatic amines is 1. The van der Waals surface area contributed by atoms with Crippen molar-refractivity contribution < 1.29 is 4.79 Å². The Morgan fingerprint density at radius 3 is 2.81 bits per heavy atom. The second kappa shape index (κ2) is 4.42. The van der Waals surface area contributed by atoms with Gasteiger partial charge in [0.15, 0.2) is 5.78 Å². The molecule has 0 bridgehead atoms. The van der Waals surface area contributed by atoms with E-state index in [9.17, 15) is 4.79 Å². The number of H-pyrrole nitrogens is 1. The molecular formula is C13H14BrNO. The van der Waals surface area contributed by atoms with Crippen molar-refractivity contribution in [3.05, 3.63) is 35.5 Å². The van der Waals surface area contributed by atoms with Crippen molar-refractivity contribution in [3.8, 4) is 0 Å². The number of rotatable bonds is 3. The summed E-state index contributed by atoms with van der Waals surface area (Å²) in [7, 11) is 0. The van der Waals surface area contributed by atoms with Crippen molar-refractivity contribution in [3.63, 3.8) is 0 Å². The zero-order chi connectivity index (χ0) is 11.7. The lowest BCUT2D eigenvalue weighted by Crippen LogP contribution is -2.13. The van der Waals surface area contributed by atoms with Gasteiger partial charge in [-0.25, -0.2) is 0 Å². The maximum atomic E-state index is 12.2. The minimum atomic E-state index is 0.0120. The van der Waals surface area contributed by atoms with Gasteiger partial charge in [-0.3, -0.25) is 4.79 Å². The standard InChI is InChI=1S/C13H14BrNO/c1-8(7-14)13(16)12-9(2)15-11-6-4-3-5-10(11)12/h3-6,8,15H,7H2,1-2H3. The van der Waals surface area contributed by atoms with E-state index in [0.29, 0.717) is 5.33 Å². The number of para-hydroxylation sites is 1. The maximum Gasteiger partial charge on any atom is 0.168 e. The van der Waals surface area contributed by atoms with Gasteiger partial charge in [-0.1, -0.05) is 41.1 Å². The van der Waals surface area contributed by atoms with E-state index < -0.39 is 0 Å². The first-order valence-corrected chi connectivity index (χ1v) is 6.44. The van der Waals surface area contributed by atoms with Gasteiger partial charge in [-0.2, -0.15) is 0 Å². The molecule has 0 amide bonds. The number of Topliss-reactive ketones (excluding diaryl/α,β-unsaturated/α-hetero) is 1. The molecule has 0 saturated carbocycles. The average molecular weight is 280 g/mol. The van der Waals surface area contributed by atoms with Gasteiger partial charge < -0.3 is 4.98 Å². The van der Waals surface area contributed by atoms with Gasteiger partial charge in [0.1, 0.15) is 0 Å². The van der Waals surface area contributed by atoms with Crippen molar-refractivity contribution in [2.75, 3.05) is 5.33 Å². The van der Waals surface area contributed by atoms with Gasteiger partial charge in [0.25, 0.3) is 0 Å². The molecule has 3 heteroatoms. The van der Waals surface area contributed by atoms with Gasteiger partial charge in [0.2, 0.25) is 0 Å². The smallest absolute Gasteiger partial charge is 0.168 e. The van der Waals surface area contributed by atoms with Crippen LogP contribution in [-0.2, 0) is 0 Å². The van der Waals surface area contributed by atoms with Gasteiger partial charge in [0, 0.05) is 33.4 Å². The fraction of sp³-hybridized carbons (Fsp3) is 0.308. The second-order valence-electron chi connectivity index (χ2n) is 4.09. The molecule has 1 N–H and O–H groups in total. The lowest BCUT2D eigenvalue weighted by molar-refractivity contribution is 0.0943. The van der Waals surface area contributed by atoms with Crippen molar-refractivity contribution >= 4 is 32.6 Å². The van der Waals surface area contributed by atoms with Crippen LogP contribution in [0.4, 0.5) is 0 Å². The summed E-state index contributed by atoms with van der Waals surface area (Å²) in [5, 5.41) is 1.72. The molecule has 0 fully saturated rings. The Bertz CT molecular complexity index is 530. The lowest BCUT2D eigenvalue weighted by atomic mass is 9.98. The van der Waals surface area contributed by atoms with Crippen LogP contribution in [0, 0.1) is 12.8 Å². The summed E-state index contributed by atoms with van der Waals surface area (Å²) >= 11 is 3.36. The van der Waals surface area contributed by atoms with Gasteiger partial charge in [0.05, 0.1) is 0 Å². The fourth-order valence-corrected chi connectivity index (χ4v) is 2.20. The Morgan fingerprint density at radius 2 is 2.12 bits per heavy atom. The number of alkyl halides is 1. The molecule has 0 aliphatic rings. The molecule has 0 aliphatic heterocycles. The molecule has 1 unspecified atom stereocenters. The van der Waals surface area contributed by atoms with Crippen molar-refractivity contribution in [2.45, 2.75) is 13.8 Å². The van der Waals surface area contributed by atoms with Crippen LogP contribution in [0.25, 0.3) is 10.9 Å². The summed E-state index contributed by atoms with van der Waals surface area (Å²) < 4.78 is 0. The highest BCUT2D eigenvalue weighted by molar-refractivity contribution is 9.09. The highest BCUT2D eigenvalue weighted by Crippen LogP contribution is 2.24. The quantitative estimate of drug-likeness (QED) is 0.675. The fourth-order valence-electron chi connectivity index (χ4n) is 1.91.